The van der Waals surface area contributed by atoms with Crippen LogP contribution in [0.3, 0.4) is 0 Å². The SMILES string of the molecule is CCS(=O)(=O)N1CCC(Nc2ncc3ccc(=O)n(C4CCCC45CC5)c3n2)CC1. The van der Waals surface area contributed by atoms with Crippen molar-refractivity contribution in [2.24, 2.45) is 5.41 Å². The molecule has 1 N–H and O–H groups in total. The molecule has 1 aliphatic heterocycles. The number of nitrogens with zero attached hydrogens (tertiary/aromatic N) is 4. The van der Waals surface area contributed by atoms with Crippen molar-refractivity contribution in [3.05, 3.63) is 28.7 Å². The van der Waals surface area contributed by atoms with E-state index < -0.39 is 10.0 Å². The van der Waals surface area contributed by atoms with Gasteiger partial charge in [0.1, 0.15) is 5.65 Å². The number of pyridine rings is 1. The maximum atomic E-state index is 12.8. The molecule has 0 bridgehead atoms. The van der Waals surface area contributed by atoms with Crippen molar-refractivity contribution in [1.82, 2.24) is 18.8 Å². The fourth-order valence-corrected chi connectivity index (χ4v) is 6.45. The highest BCUT2D eigenvalue weighted by Gasteiger charge is 2.53. The minimum Gasteiger partial charge on any atom is -0.351 e. The number of hydrogen-bond acceptors (Lipinski definition) is 6. The highest BCUT2D eigenvalue weighted by Crippen LogP contribution is 2.63. The summed E-state index contributed by atoms with van der Waals surface area (Å²) < 4.78 is 27.6. The lowest BCUT2D eigenvalue weighted by Gasteiger charge is -2.31. The first-order valence-corrected chi connectivity index (χ1v) is 12.7. The Morgan fingerprint density at radius 1 is 1.17 bits per heavy atom. The van der Waals surface area contributed by atoms with Crippen molar-refractivity contribution in [1.29, 1.82) is 0 Å². The van der Waals surface area contributed by atoms with E-state index in [4.69, 9.17) is 4.98 Å². The Morgan fingerprint density at radius 3 is 2.63 bits per heavy atom. The average molecular weight is 432 g/mol. The molecule has 8 nitrogen and oxygen atoms in total. The topological polar surface area (TPSA) is 97.2 Å². The summed E-state index contributed by atoms with van der Waals surface area (Å²) in [6, 6.07) is 3.80. The molecule has 5 rings (SSSR count). The van der Waals surface area contributed by atoms with Gasteiger partial charge < -0.3 is 5.32 Å². The van der Waals surface area contributed by atoms with E-state index in [0.717, 1.165) is 11.8 Å². The van der Waals surface area contributed by atoms with Crippen LogP contribution in [0.25, 0.3) is 11.0 Å². The van der Waals surface area contributed by atoms with E-state index in [1.165, 1.54) is 25.7 Å². The fraction of sp³-hybridized carbons (Fsp3) is 0.667. The maximum absolute atomic E-state index is 12.8. The number of fused-ring (bicyclic) bond motifs is 1. The number of anilines is 1. The molecule has 0 amide bonds. The fourth-order valence-electron chi connectivity index (χ4n) is 5.32. The van der Waals surface area contributed by atoms with Crippen LogP contribution in [0.1, 0.15) is 57.9 Å². The molecule has 1 saturated heterocycles. The van der Waals surface area contributed by atoms with Gasteiger partial charge in [0.2, 0.25) is 16.0 Å². The smallest absolute Gasteiger partial charge is 0.252 e. The second-order valence-electron chi connectivity index (χ2n) is 9.00. The summed E-state index contributed by atoms with van der Waals surface area (Å²) in [4.78, 5) is 22.0. The molecular formula is C21H29N5O3S. The van der Waals surface area contributed by atoms with Crippen molar-refractivity contribution in [3.8, 4) is 0 Å². The van der Waals surface area contributed by atoms with Crippen molar-refractivity contribution >= 4 is 27.0 Å². The van der Waals surface area contributed by atoms with Crippen LogP contribution in [0.5, 0.6) is 0 Å². The van der Waals surface area contributed by atoms with Gasteiger partial charge in [0.25, 0.3) is 5.56 Å². The minimum absolute atomic E-state index is 0.0170. The molecule has 2 saturated carbocycles. The van der Waals surface area contributed by atoms with Crippen molar-refractivity contribution in [2.75, 3.05) is 24.2 Å². The molecule has 2 aromatic heterocycles. The Kier molecular flexibility index (Phi) is 4.85. The molecule has 0 radical (unpaired) electrons. The summed E-state index contributed by atoms with van der Waals surface area (Å²) >= 11 is 0. The van der Waals surface area contributed by atoms with E-state index in [-0.39, 0.29) is 23.4 Å². The molecule has 1 spiro atoms. The number of sulfonamides is 1. The number of hydrogen-bond donors (Lipinski definition) is 1. The normalized spacial score (nSPS) is 24.5. The third-order valence-corrected chi connectivity index (χ3v) is 9.16. The first-order chi connectivity index (χ1) is 14.4. The van der Waals surface area contributed by atoms with E-state index in [0.29, 0.717) is 42.9 Å². The molecule has 9 heteroatoms. The molecule has 162 valence electrons. The lowest BCUT2D eigenvalue weighted by molar-refractivity contribution is 0.329. The zero-order chi connectivity index (χ0) is 20.9. The Labute approximate surface area is 176 Å². The number of piperidine rings is 1. The van der Waals surface area contributed by atoms with Crippen LogP contribution in [0.4, 0.5) is 5.95 Å². The van der Waals surface area contributed by atoms with Crippen LogP contribution in [0.2, 0.25) is 0 Å². The molecular weight excluding hydrogens is 402 g/mol. The van der Waals surface area contributed by atoms with Gasteiger partial charge in [0, 0.05) is 42.8 Å². The third kappa shape index (κ3) is 3.41. The molecule has 3 heterocycles. The molecule has 1 unspecified atom stereocenters. The van der Waals surface area contributed by atoms with Gasteiger partial charge in [-0.15, -0.1) is 0 Å². The van der Waals surface area contributed by atoms with Gasteiger partial charge in [-0.1, -0.05) is 6.42 Å². The summed E-state index contributed by atoms with van der Waals surface area (Å²) in [5.41, 5.74) is 1.03. The lowest BCUT2D eigenvalue weighted by Crippen LogP contribution is -2.43. The third-order valence-electron chi connectivity index (χ3n) is 7.28. The second kappa shape index (κ2) is 7.30. The van der Waals surface area contributed by atoms with Crippen LogP contribution in [-0.2, 0) is 10.0 Å². The van der Waals surface area contributed by atoms with Gasteiger partial charge in [0.05, 0.1) is 5.75 Å². The zero-order valence-corrected chi connectivity index (χ0v) is 18.2. The summed E-state index contributed by atoms with van der Waals surface area (Å²) in [5, 5.41) is 4.26. The Bertz CT molecular complexity index is 1120. The van der Waals surface area contributed by atoms with Crippen molar-refractivity contribution in [3.63, 3.8) is 0 Å². The highest BCUT2D eigenvalue weighted by molar-refractivity contribution is 7.89. The second-order valence-corrected chi connectivity index (χ2v) is 11.3. The van der Waals surface area contributed by atoms with Gasteiger partial charge in [-0.3, -0.25) is 9.36 Å². The molecule has 0 aromatic carbocycles. The largest absolute Gasteiger partial charge is 0.351 e. The number of rotatable bonds is 5. The van der Waals surface area contributed by atoms with Crippen LogP contribution in [-0.4, -0.2) is 52.1 Å². The Balaban J connectivity index is 1.39. The minimum atomic E-state index is -3.14. The first-order valence-electron chi connectivity index (χ1n) is 11.0. The van der Waals surface area contributed by atoms with E-state index >= 15 is 0 Å². The molecule has 2 aromatic rings. The standard InChI is InChI=1S/C21H29N5O3S/c1-2-30(28,29)25-12-7-16(8-13-25)23-20-22-14-15-5-6-18(27)26(19(15)24-20)17-4-3-9-21(17)10-11-21/h5-6,14,16-17H,2-4,7-13H2,1H3,(H,22,23,24). The van der Waals surface area contributed by atoms with Gasteiger partial charge in [-0.05, 0) is 56.9 Å². The predicted octanol–water partition coefficient (Wildman–Crippen LogP) is 2.52. The Morgan fingerprint density at radius 2 is 1.93 bits per heavy atom. The molecule has 3 fully saturated rings. The van der Waals surface area contributed by atoms with E-state index in [9.17, 15) is 13.2 Å². The van der Waals surface area contributed by atoms with Crippen LogP contribution >= 0.6 is 0 Å². The molecule has 30 heavy (non-hydrogen) atoms. The summed E-state index contributed by atoms with van der Waals surface area (Å²) in [6.07, 6.45) is 9.04. The van der Waals surface area contributed by atoms with Crippen LogP contribution in [0.15, 0.2) is 23.1 Å². The number of nitrogens with one attached hydrogen (secondary N) is 1. The molecule has 2 aliphatic carbocycles. The highest BCUT2D eigenvalue weighted by atomic mass is 32.2. The summed E-state index contributed by atoms with van der Waals surface area (Å²) in [7, 11) is -3.14. The monoisotopic (exact) mass is 431 g/mol. The van der Waals surface area contributed by atoms with Gasteiger partial charge in [-0.25, -0.2) is 17.7 Å². The first kappa shape index (κ1) is 19.9. The van der Waals surface area contributed by atoms with Crippen LogP contribution in [0, 0.1) is 5.41 Å². The van der Waals surface area contributed by atoms with Gasteiger partial charge >= 0.3 is 0 Å². The number of aromatic nitrogens is 3. The van der Waals surface area contributed by atoms with E-state index in [2.05, 4.69) is 10.3 Å². The quantitative estimate of drug-likeness (QED) is 0.781. The van der Waals surface area contributed by atoms with Crippen molar-refractivity contribution < 1.29 is 8.42 Å². The maximum Gasteiger partial charge on any atom is 0.252 e. The Hall–Kier alpha value is -2.00. The average Bonchev–Trinajstić information content (AvgIpc) is 3.41. The van der Waals surface area contributed by atoms with Crippen molar-refractivity contribution in [2.45, 2.75) is 64.0 Å². The van der Waals surface area contributed by atoms with Crippen LogP contribution < -0.4 is 10.9 Å². The predicted molar refractivity (Wildman–Crippen MR) is 116 cm³/mol. The zero-order valence-electron chi connectivity index (χ0n) is 17.4. The summed E-state index contributed by atoms with van der Waals surface area (Å²) in [5.74, 6) is 0.653. The molecule has 1 atom stereocenters. The summed E-state index contributed by atoms with van der Waals surface area (Å²) in [6.45, 7) is 2.70. The lowest BCUT2D eigenvalue weighted by atomic mass is 10.00. The van der Waals surface area contributed by atoms with Gasteiger partial charge in [-0.2, -0.15) is 4.98 Å². The van der Waals surface area contributed by atoms with E-state index in [1.54, 1.807) is 29.6 Å². The van der Waals surface area contributed by atoms with Gasteiger partial charge in [0.15, 0.2) is 0 Å². The molecule has 3 aliphatic rings. The van der Waals surface area contributed by atoms with E-state index in [1.807, 2.05) is 4.57 Å².